The van der Waals surface area contributed by atoms with Gasteiger partial charge in [0.15, 0.2) is 6.29 Å². The molecule has 1 saturated heterocycles. The Hall–Kier alpha value is -0.160. The van der Waals surface area contributed by atoms with Crippen molar-refractivity contribution in [3.8, 4) is 0 Å². The fourth-order valence-corrected chi connectivity index (χ4v) is 1.37. The van der Waals surface area contributed by atoms with E-state index in [1.165, 1.54) is 12.8 Å². The summed E-state index contributed by atoms with van der Waals surface area (Å²) in [5.41, 5.74) is 2.63. The summed E-state index contributed by atoms with van der Waals surface area (Å²) in [6.07, 6.45) is 3.44. The fraction of sp³-hybridized carbons (Fsp3) is 1.00. The Morgan fingerprint density at radius 1 is 1.62 bits per heavy atom. The Morgan fingerprint density at radius 2 is 2.46 bits per heavy atom. The van der Waals surface area contributed by atoms with E-state index in [9.17, 15) is 0 Å². The van der Waals surface area contributed by atoms with Crippen molar-refractivity contribution in [2.24, 2.45) is 11.8 Å². The lowest BCUT2D eigenvalue weighted by molar-refractivity contribution is -0.167. The summed E-state index contributed by atoms with van der Waals surface area (Å²) < 4.78 is 11.0. The lowest BCUT2D eigenvalue weighted by Crippen LogP contribution is -2.31. The molecule has 0 aliphatic carbocycles. The van der Waals surface area contributed by atoms with Gasteiger partial charge in [0.05, 0.1) is 6.61 Å². The molecule has 0 spiro atoms. The van der Waals surface area contributed by atoms with Crippen molar-refractivity contribution in [3.63, 3.8) is 0 Å². The van der Waals surface area contributed by atoms with Crippen molar-refractivity contribution < 1.29 is 9.47 Å². The van der Waals surface area contributed by atoms with Crippen LogP contribution in [0.1, 0.15) is 26.2 Å². The molecular weight excluding hydrogens is 168 g/mol. The van der Waals surface area contributed by atoms with Crippen LogP contribution in [0.4, 0.5) is 0 Å². The van der Waals surface area contributed by atoms with Gasteiger partial charge in [0.25, 0.3) is 0 Å². The number of ether oxygens (including phenoxy) is 2. The predicted octanol–water partition coefficient (Wildman–Crippen LogP) is 0.629. The van der Waals surface area contributed by atoms with Crippen molar-refractivity contribution in [1.82, 2.24) is 5.43 Å². The molecule has 1 fully saturated rings. The molecule has 0 radical (unpaired) electrons. The summed E-state index contributed by atoms with van der Waals surface area (Å²) in [4.78, 5) is 0. The third kappa shape index (κ3) is 4.57. The van der Waals surface area contributed by atoms with Crippen molar-refractivity contribution in [2.75, 3.05) is 19.8 Å². The first-order valence-corrected chi connectivity index (χ1v) is 4.99. The molecule has 0 aromatic rings. The Balaban J connectivity index is 2.03. The van der Waals surface area contributed by atoms with Gasteiger partial charge in [-0.2, -0.15) is 0 Å². The molecule has 1 rings (SSSR count). The van der Waals surface area contributed by atoms with Crippen LogP contribution >= 0.6 is 0 Å². The van der Waals surface area contributed by atoms with Gasteiger partial charge in [0.2, 0.25) is 0 Å². The molecule has 3 N–H and O–H groups in total. The summed E-state index contributed by atoms with van der Waals surface area (Å²) >= 11 is 0. The van der Waals surface area contributed by atoms with Crippen molar-refractivity contribution in [2.45, 2.75) is 32.5 Å². The number of nitrogens with two attached hydrogens (primary N) is 1. The highest BCUT2D eigenvalue weighted by atomic mass is 16.7. The highest BCUT2D eigenvalue weighted by Crippen LogP contribution is 2.14. The number of nitrogens with one attached hydrogen (secondary N) is 1. The van der Waals surface area contributed by atoms with E-state index in [1.807, 2.05) is 0 Å². The van der Waals surface area contributed by atoms with Crippen LogP contribution in [-0.4, -0.2) is 26.0 Å². The van der Waals surface area contributed by atoms with Crippen LogP contribution < -0.4 is 11.3 Å². The van der Waals surface area contributed by atoms with Crippen LogP contribution in [-0.2, 0) is 9.47 Å². The van der Waals surface area contributed by atoms with E-state index in [0.717, 1.165) is 26.2 Å². The Labute approximate surface area is 79.7 Å². The van der Waals surface area contributed by atoms with Gasteiger partial charge >= 0.3 is 0 Å². The zero-order chi connectivity index (χ0) is 9.52. The Kier molecular flexibility index (Phi) is 5.31. The molecule has 4 heteroatoms. The second-order valence-corrected chi connectivity index (χ2v) is 3.64. The number of rotatable bonds is 5. The van der Waals surface area contributed by atoms with Gasteiger partial charge in [0, 0.05) is 13.2 Å². The van der Waals surface area contributed by atoms with Gasteiger partial charge in [-0.25, -0.2) is 0 Å². The molecule has 0 amide bonds. The Morgan fingerprint density at radius 3 is 3.08 bits per heavy atom. The molecule has 1 aliphatic rings. The average molecular weight is 188 g/mol. The quantitative estimate of drug-likeness (QED) is 0.491. The van der Waals surface area contributed by atoms with E-state index in [-0.39, 0.29) is 6.29 Å². The third-order valence-corrected chi connectivity index (χ3v) is 2.17. The van der Waals surface area contributed by atoms with Crippen LogP contribution in [0.15, 0.2) is 0 Å². The van der Waals surface area contributed by atoms with Gasteiger partial charge in [-0.15, -0.1) is 0 Å². The topological polar surface area (TPSA) is 56.5 Å². The number of hydrogen-bond acceptors (Lipinski definition) is 4. The van der Waals surface area contributed by atoms with E-state index in [4.69, 9.17) is 15.3 Å². The number of hydrogen-bond donors (Lipinski definition) is 2. The molecule has 1 unspecified atom stereocenters. The maximum absolute atomic E-state index is 5.58. The first-order valence-electron chi connectivity index (χ1n) is 4.99. The minimum Gasteiger partial charge on any atom is -0.353 e. The molecule has 2 atom stereocenters. The molecule has 4 nitrogen and oxygen atoms in total. The van der Waals surface area contributed by atoms with Crippen LogP contribution in [0.25, 0.3) is 0 Å². The van der Waals surface area contributed by atoms with Gasteiger partial charge in [-0.3, -0.25) is 11.3 Å². The van der Waals surface area contributed by atoms with Gasteiger partial charge in [-0.05, 0) is 25.2 Å². The largest absolute Gasteiger partial charge is 0.353 e. The van der Waals surface area contributed by atoms with Crippen LogP contribution in [0, 0.1) is 5.92 Å². The minimum atomic E-state index is 0.0222. The lowest BCUT2D eigenvalue weighted by atomic mass is 10.2. The minimum absolute atomic E-state index is 0.0222. The Bertz CT molecular complexity index is 127. The zero-order valence-corrected chi connectivity index (χ0v) is 8.29. The molecule has 0 bridgehead atoms. The molecule has 0 saturated carbocycles. The second kappa shape index (κ2) is 6.32. The summed E-state index contributed by atoms with van der Waals surface area (Å²) in [7, 11) is 0. The zero-order valence-electron chi connectivity index (χ0n) is 8.29. The molecule has 1 heterocycles. The van der Waals surface area contributed by atoms with Gasteiger partial charge < -0.3 is 9.47 Å². The van der Waals surface area contributed by atoms with Crippen LogP contribution in [0.2, 0.25) is 0 Å². The van der Waals surface area contributed by atoms with Crippen molar-refractivity contribution in [1.29, 1.82) is 0 Å². The summed E-state index contributed by atoms with van der Waals surface area (Å²) in [6.45, 7) is 4.44. The smallest absolute Gasteiger partial charge is 0.157 e. The van der Waals surface area contributed by atoms with E-state index >= 15 is 0 Å². The van der Waals surface area contributed by atoms with Crippen molar-refractivity contribution in [3.05, 3.63) is 0 Å². The molecule has 0 aromatic carbocycles. The average Bonchev–Trinajstić information content (AvgIpc) is 2.17. The maximum atomic E-state index is 5.58. The van der Waals surface area contributed by atoms with Crippen molar-refractivity contribution >= 4 is 0 Å². The summed E-state index contributed by atoms with van der Waals surface area (Å²) in [5.74, 6) is 5.64. The van der Waals surface area contributed by atoms with Crippen LogP contribution in [0.3, 0.4) is 0 Å². The lowest BCUT2D eigenvalue weighted by Gasteiger charge is -2.24. The highest BCUT2D eigenvalue weighted by Gasteiger charge is 2.14. The first kappa shape index (κ1) is 10.9. The molecule has 78 valence electrons. The summed E-state index contributed by atoms with van der Waals surface area (Å²) in [6, 6.07) is 0. The van der Waals surface area contributed by atoms with E-state index in [2.05, 4.69) is 12.3 Å². The predicted molar refractivity (Wildman–Crippen MR) is 50.9 cm³/mol. The standard InChI is InChI=1S/C9H20N2O2/c1-8(6-11-10)7-13-9-4-2-3-5-12-9/h8-9,11H,2-7,10H2,1H3/t8-,9?/m1/s1. The number of hydrazine groups is 1. The van der Waals surface area contributed by atoms with E-state index in [1.54, 1.807) is 0 Å². The maximum Gasteiger partial charge on any atom is 0.157 e. The summed E-state index contributed by atoms with van der Waals surface area (Å²) in [5, 5.41) is 0. The molecular formula is C9H20N2O2. The third-order valence-electron chi connectivity index (χ3n) is 2.17. The second-order valence-electron chi connectivity index (χ2n) is 3.64. The highest BCUT2D eigenvalue weighted by molar-refractivity contribution is 4.57. The molecule has 1 aliphatic heterocycles. The van der Waals surface area contributed by atoms with Gasteiger partial charge in [0.1, 0.15) is 0 Å². The SMILES string of the molecule is C[C@H](CNN)COC1CCCCO1. The molecule has 0 aromatic heterocycles. The normalized spacial score (nSPS) is 25.8. The van der Waals surface area contributed by atoms with E-state index in [0.29, 0.717) is 5.92 Å². The first-order chi connectivity index (χ1) is 6.33. The van der Waals surface area contributed by atoms with E-state index < -0.39 is 0 Å². The monoisotopic (exact) mass is 188 g/mol. The van der Waals surface area contributed by atoms with Gasteiger partial charge in [-0.1, -0.05) is 6.92 Å². The molecule has 13 heavy (non-hydrogen) atoms. The van der Waals surface area contributed by atoms with Crippen LogP contribution in [0.5, 0.6) is 0 Å². The fourth-order valence-electron chi connectivity index (χ4n) is 1.37.